The molecule has 1 aliphatic carbocycles. The van der Waals surface area contributed by atoms with E-state index in [1.807, 2.05) is 26.0 Å². The highest BCUT2D eigenvalue weighted by molar-refractivity contribution is 5.37. The number of aryl methyl sites for hydroxylation is 2. The fourth-order valence-corrected chi connectivity index (χ4v) is 5.15. The second-order valence-electron chi connectivity index (χ2n) is 9.90. The maximum atomic E-state index is 13.6. The average molecular weight is 450 g/mol. The number of halogens is 2. The first-order valence-electron chi connectivity index (χ1n) is 11.3. The highest BCUT2D eigenvalue weighted by atomic mass is 19.3. The van der Waals surface area contributed by atoms with Gasteiger partial charge >= 0.3 is 0 Å². The van der Waals surface area contributed by atoms with Gasteiger partial charge in [0.25, 0.3) is 5.92 Å². The molecule has 1 aromatic heterocycles. The lowest BCUT2D eigenvalue weighted by molar-refractivity contribution is -0.108. The third kappa shape index (κ3) is 4.43. The molecule has 4 rings (SSSR count). The van der Waals surface area contributed by atoms with Crippen molar-refractivity contribution in [3.8, 4) is 0 Å². The van der Waals surface area contributed by atoms with Crippen LogP contribution in [0, 0.1) is 19.3 Å². The number of hydrogen-bond acceptors (Lipinski definition) is 6. The van der Waals surface area contributed by atoms with Gasteiger partial charge in [-0.15, -0.1) is 5.10 Å². The fourth-order valence-electron chi connectivity index (χ4n) is 5.15. The standard InChI is InChI=1S/C23H33F2N5O2/c1-14-8-16(13-31)9-15(2)18(14)12-26-20(22(3,4)19-6-5-7-32-19)21-27-28-29-30(21)17-10-23(24,25)11-17/h8-9,17,19-20,26,31H,5-7,10-13H2,1-4H3. The lowest BCUT2D eigenvalue weighted by Gasteiger charge is -2.41. The quantitative estimate of drug-likeness (QED) is 0.638. The summed E-state index contributed by atoms with van der Waals surface area (Å²) in [5.41, 5.74) is 3.85. The van der Waals surface area contributed by atoms with E-state index in [0.29, 0.717) is 12.4 Å². The van der Waals surface area contributed by atoms with E-state index in [0.717, 1.165) is 41.7 Å². The first kappa shape index (κ1) is 23.2. The summed E-state index contributed by atoms with van der Waals surface area (Å²) in [7, 11) is 0. The van der Waals surface area contributed by atoms with Crippen molar-refractivity contribution in [1.82, 2.24) is 25.5 Å². The van der Waals surface area contributed by atoms with Gasteiger partial charge in [0, 0.05) is 31.4 Å². The second kappa shape index (κ2) is 8.76. The van der Waals surface area contributed by atoms with Gasteiger partial charge in [0.15, 0.2) is 5.82 Å². The van der Waals surface area contributed by atoms with Crippen LogP contribution in [0.4, 0.5) is 8.78 Å². The number of benzene rings is 1. The van der Waals surface area contributed by atoms with Gasteiger partial charge in [0.1, 0.15) is 0 Å². The molecule has 0 radical (unpaired) electrons. The van der Waals surface area contributed by atoms with Crippen molar-refractivity contribution < 1.29 is 18.6 Å². The third-order valence-corrected chi connectivity index (χ3v) is 7.12. The van der Waals surface area contributed by atoms with Crippen LogP contribution in [-0.2, 0) is 17.9 Å². The SMILES string of the molecule is Cc1cc(CO)cc(C)c1CNC(c1nnnn1C1CC(F)(F)C1)C(C)(C)C1CCCO1. The van der Waals surface area contributed by atoms with Crippen LogP contribution in [0.15, 0.2) is 12.1 Å². The lowest BCUT2D eigenvalue weighted by Crippen LogP contribution is -2.45. The lowest BCUT2D eigenvalue weighted by atomic mass is 9.76. The monoisotopic (exact) mass is 449 g/mol. The van der Waals surface area contributed by atoms with E-state index in [-0.39, 0.29) is 37.0 Å². The van der Waals surface area contributed by atoms with Gasteiger partial charge in [-0.2, -0.15) is 0 Å². The number of aliphatic hydroxyl groups excluding tert-OH is 1. The smallest absolute Gasteiger partial charge is 0.252 e. The van der Waals surface area contributed by atoms with Crippen LogP contribution in [0.5, 0.6) is 0 Å². The highest BCUT2D eigenvalue weighted by Crippen LogP contribution is 2.47. The molecule has 0 bridgehead atoms. The number of alkyl halides is 2. The van der Waals surface area contributed by atoms with Crippen LogP contribution in [0.1, 0.15) is 79.7 Å². The van der Waals surface area contributed by atoms with E-state index in [1.165, 1.54) is 0 Å². The predicted molar refractivity (Wildman–Crippen MR) is 115 cm³/mol. The minimum Gasteiger partial charge on any atom is -0.392 e. The molecule has 2 N–H and O–H groups in total. The highest BCUT2D eigenvalue weighted by Gasteiger charge is 2.50. The first-order valence-corrected chi connectivity index (χ1v) is 11.3. The summed E-state index contributed by atoms with van der Waals surface area (Å²) >= 11 is 0. The Morgan fingerprint density at radius 3 is 2.53 bits per heavy atom. The zero-order valence-electron chi connectivity index (χ0n) is 19.2. The maximum Gasteiger partial charge on any atom is 0.252 e. The van der Waals surface area contributed by atoms with Crippen LogP contribution >= 0.6 is 0 Å². The molecule has 2 aliphatic rings. The van der Waals surface area contributed by atoms with E-state index in [9.17, 15) is 13.9 Å². The summed E-state index contributed by atoms with van der Waals surface area (Å²) in [4.78, 5) is 0. The summed E-state index contributed by atoms with van der Waals surface area (Å²) in [6.45, 7) is 9.62. The van der Waals surface area contributed by atoms with E-state index < -0.39 is 12.0 Å². The normalized spacial score (nSPS) is 22.2. The fraction of sp³-hybridized carbons (Fsp3) is 0.696. The van der Waals surface area contributed by atoms with Crippen molar-refractivity contribution in [1.29, 1.82) is 0 Å². The molecular weight excluding hydrogens is 416 g/mol. The van der Waals surface area contributed by atoms with Gasteiger partial charge in [-0.3, -0.25) is 0 Å². The third-order valence-electron chi connectivity index (χ3n) is 7.12. The molecule has 0 spiro atoms. The maximum absolute atomic E-state index is 13.6. The number of tetrazole rings is 1. The van der Waals surface area contributed by atoms with E-state index in [2.05, 4.69) is 34.7 Å². The molecule has 1 aliphatic heterocycles. The van der Waals surface area contributed by atoms with Crippen molar-refractivity contribution in [2.45, 2.75) is 90.6 Å². The summed E-state index contributed by atoms with van der Waals surface area (Å²) in [6.07, 6.45) is 1.49. The predicted octanol–water partition coefficient (Wildman–Crippen LogP) is 3.79. The van der Waals surface area contributed by atoms with Crippen molar-refractivity contribution in [2.24, 2.45) is 5.41 Å². The molecule has 1 saturated carbocycles. The molecule has 2 atom stereocenters. The Bertz CT molecular complexity index is 925. The zero-order valence-corrected chi connectivity index (χ0v) is 19.2. The van der Waals surface area contributed by atoms with Crippen LogP contribution in [0.2, 0.25) is 0 Å². The number of nitrogens with one attached hydrogen (secondary N) is 1. The van der Waals surface area contributed by atoms with E-state index in [1.54, 1.807) is 4.68 Å². The topological polar surface area (TPSA) is 85.1 Å². The molecular formula is C23H33F2N5O2. The molecule has 176 valence electrons. The summed E-state index contributed by atoms with van der Waals surface area (Å²) in [6, 6.07) is 3.30. The minimum atomic E-state index is -2.65. The minimum absolute atomic E-state index is 0.00482. The molecule has 2 fully saturated rings. The zero-order chi connectivity index (χ0) is 23.1. The molecule has 7 nitrogen and oxygen atoms in total. The molecule has 32 heavy (non-hydrogen) atoms. The van der Waals surface area contributed by atoms with Crippen molar-refractivity contribution >= 4 is 0 Å². The Hall–Kier alpha value is -1.97. The summed E-state index contributed by atoms with van der Waals surface area (Å²) in [5, 5.41) is 25.4. The molecule has 2 aromatic rings. The van der Waals surface area contributed by atoms with Crippen LogP contribution in [-0.4, -0.2) is 43.9 Å². The molecule has 1 saturated heterocycles. The van der Waals surface area contributed by atoms with E-state index in [4.69, 9.17) is 4.74 Å². The first-order chi connectivity index (χ1) is 15.1. The Morgan fingerprint density at radius 2 is 1.97 bits per heavy atom. The van der Waals surface area contributed by atoms with Crippen LogP contribution < -0.4 is 5.32 Å². The molecule has 1 aromatic carbocycles. The number of rotatable bonds is 8. The van der Waals surface area contributed by atoms with Crippen molar-refractivity contribution in [3.05, 3.63) is 40.2 Å². The number of nitrogens with zero attached hydrogens (tertiary/aromatic N) is 4. The van der Waals surface area contributed by atoms with Gasteiger partial charge in [0.05, 0.1) is 24.8 Å². The number of aliphatic hydroxyl groups is 1. The molecule has 9 heteroatoms. The van der Waals surface area contributed by atoms with Gasteiger partial charge in [-0.1, -0.05) is 26.0 Å². The number of aromatic nitrogens is 4. The van der Waals surface area contributed by atoms with Gasteiger partial charge < -0.3 is 15.2 Å². The van der Waals surface area contributed by atoms with Crippen molar-refractivity contribution in [3.63, 3.8) is 0 Å². The van der Waals surface area contributed by atoms with Gasteiger partial charge in [0.2, 0.25) is 0 Å². The van der Waals surface area contributed by atoms with Crippen LogP contribution in [0.3, 0.4) is 0 Å². The Labute approximate surface area is 187 Å². The average Bonchev–Trinajstić information content (AvgIpc) is 3.40. The van der Waals surface area contributed by atoms with Crippen molar-refractivity contribution in [2.75, 3.05) is 6.61 Å². The molecule has 2 heterocycles. The Kier molecular flexibility index (Phi) is 6.35. The molecule has 2 unspecified atom stereocenters. The summed E-state index contributed by atoms with van der Waals surface area (Å²) < 4.78 is 34.8. The largest absolute Gasteiger partial charge is 0.392 e. The number of ether oxygens (including phenoxy) is 1. The van der Waals surface area contributed by atoms with Crippen LogP contribution in [0.25, 0.3) is 0 Å². The van der Waals surface area contributed by atoms with E-state index >= 15 is 0 Å². The molecule has 0 amide bonds. The van der Waals surface area contributed by atoms with Gasteiger partial charge in [-0.25, -0.2) is 13.5 Å². The Balaban J connectivity index is 1.64. The summed E-state index contributed by atoms with van der Waals surface area (Å²) in [5.74, 6) is -2.07. The second-order valence-corrected chi connectivity index (χ2v) is 9.90. The Morgan fingerprint density at radius 1 is 1.28 bits per heavy atom. The number of hydrogen-bond donors (Lipinski definition) is 2. The van der Waals surface area contributed by atoms with Gasteiger partial charge in [-0.05, 0) is 59.4 Å².